The number of aryl methyl sites for hydroxylation is 1. The zero-order valence-corrected chi connectivity index (χ0v) is 10.6. The van der Waals surface area contributed by atoms with Crippen molar-refractivity contribution in [1.82, 2.24) is 9.97 Å². The van der Waals surface area contributed by atoms with E-state index in [0.29, 0.717) is 18.2 Å². The molecule has 0 bridgehead atoms. The molecule has 1 atom stereocenters. The fourth-order valence-corrected chi connectivity index (χ4v) is 2.17. The molecule has 1 aliphatic rings. The van der Waals surface area contributed by atoms with E-state index >= 15 is 0 Å². The number of hydrogen-bond donors (Lipinski definition) is 1. The number of hydrogen-bond acceptors (Lipinski definition) is 5. The molecule has 1 N–H and O–H groups in total. The highest BCUT2D eigenvalue weighted by atomic mass is 16.5. The Morgan fingerprint density at radius 2 is 2.39 bits per heavy atom. The van der Waals surface area contributed by atoms with E-state index in [2.05, 4.69) is 9.97 Å². The maximum Gasteiger partial charge on any atom is 0.341 e. The van der Waals surface area contributed by atoms with Gasteiger partial charge in [-0.15, -0.1) is 0 Å². The third-order valence-corrected chi connectivity index (χ3v) is 3.13. The minimum absolute atomic E-state index is 0.135. The number of carboxylic acids is 1. The summed E-state index contributed by atoms with van der Waals surface area (Å²) in [6.07, 6.45) is 3.48. The summed E-state index contributed by atoms with van der Waals surface area (Å²) in [7, 11) is 1.68. The number of rotatable bonds is 3. The zero-order valence-electron chi connectivity index (χ0n) is 10.6. The summed E-state index contributed by atoms with van der Waals surface area (Å²) >= 11 is 0. The predicted octanol–water partition coefficient (Wildman–Crippen LogP) is 1.10. The van der Waals surface area contributed by atoms with Crippen LogP contribution in [0.2, 0.25) is 0 Å². The minimum atomic E-state index is -0.996. The third kappa shape index (κ3) is 2.59. The first kappa shape index (κ1) is 12.8. The third-order valence-electron chi connectivity index (χ3n) is 3.13. The van der Waals surface area contributed by atoms with Crippen molar-refractivity contribution in [2.45, 2.75) is 25.9 Å². The van der Waals surface area contributed by atoms with Crippen LogP contribution in [0.3, 0.4) is 0 Å². The lowest BCUT2D eigenvalue weighted by Crippen LogP contribution is -2.40. The molecule has 1 aromatic rings. The topological polar surface area (TPSA) is 75.5 Å². The zero-order chi connectivity index (χ0) is 13.1. The monoisotopic (exact) mass is 251 g/mol. The SMILES string of the molecule is COC1CCCN(c2nc(C)ncc2C(=O)O)C1. The van der Waals surface area contributed by atoms with E-state index in [4.69, 9.17) is 4.74 Å². The molecule has 98 valence electrons. The highest BCUT2D eigenvalue weighted by molar-refractivity contribution is 5.93. The van der Waals surface area contributed by atoms with Gasteiger partial charge in [0.05, 0.1) is 6.10 Å². The molecule has 0 radical (unpaired) electrons. The molecule has 1 unspecified atom stereocenters. The van der Waals surface area contributed by atoms with Gasteiger partial charge in [0.1, 0.15) is 17.2 Å². The van der Waals surface area contributed by atoms with Crippen LogP contribution in [-0.4, -0.2) is 47.3 Å². The van der Waals surface area contributed by atoms with E-state index in [1.165, 1.54) is 6.20 Å². The molecule has 18 heavy (non-hydrogen) atoms. The summed E-state index contributed by atoms with van der Waals surface area (Å²) in [6.45, 7) is 3.23. The van der Waals surface area contributed by atoms with E-state index in [9.17, 15) is 9.90 Å². The minimum Gasteiger partial charge on any atom is -0.477 e. The van der Waals surface area contributed by atoms with Gasteiger partial charge < -0.3 is 14.7 Å². The Hall–Kier alpha value is -1.69. The standard InChI is InChI=1S/C12H17N3O3/c1-8-13-6-10(12(16)17)11(14-8)15-5-3-4-9(7-15)18-2/h6,9H,3-5,7H2,1-2H3,(H,16,17). The van der Waals surface area contributed by atoms with Crippen molar-refractivity contribution in [2.24, 2.45) is 0 Å². The van der Waals surface area contributed by atoms with Crippen LogP contribution >= 0.6 is 0 Å². The molecule has 0 saturated carbocycles. The predicted molar refractivity (Wildman–Crippen MR) is 66.0 cm³/mol. The first-order valence-electron chi connectivity index (χ1n) is 5.96. The summed E-state index contributed by atoms with van der Waals surface area (Å²) in [5.74, 6) is 0.0795. The molecule has 6 heteroatoms. The molecule has 1 fully saturated rings. The Kier molecular flexibility index (Phi) is 3.76. The lowest BCUT2D eigenvalue weighted by atomic mass is 10.1. The van der Waals surface area contributed by atoms with Gasteiger partial charge in [0.2, 0.25) is 0 Å². The average molecular weight is 251 g/mol. The molecule has 0 amide bonds. The Labute approximate surface area is 106 Å². The number of nitrogens with zero attached hydrogens (tertiary/aromatic N) is 3. The highest BCUT2D eigenvalue weighted by Crippen LogP contribution is 2.22. The Bertz CT molecular complexity index is 450. The quantitative estimate of drug-likeness (QED) is 0.867. The molecule has 2 heterocycles. The number of piperidine rings is 1. The van der Waals surface area contributed by atoms with Crippen LogP contribution < -0.4 is 4.90 Å². The number of aromatic nitrogens is 2. The van der Waals surface area contributed by atoms with E-state index in [1.807, 2.05) is 4.90 Å². The second-order valence-corrected chi connectivity index (χ2v) is 4.41. The molecular formula is C12H17N3O3. The van der Waals surface area contributed by atoms with Crippen molar-refractivity contribution in [3.8, 4) is 0 Å². The van der Waals surface area contributed by atoms with Crippen LogP contribution in [0.5, 0.6) is 0 Å². The van der Waals surface area contributed by atoms with E-state index < -0.39 is 5.97 Å². The molecule has 0 spiro atoms. The van der Waals surface area contributed by atoms with Crippen LogP contribution in [0.1, 0.15) is 29.0 Å². The Morgan fingerprint density at radius 3 is 3.06 bits per heavy atom. The van der Waals surface area contributed by atoms with Gasteiger partial charge in [-0.1, -0.05) is 0 Å². The largest absolute Gasteiger partial charge is 0.477 e. The fraction of sp³-hybridized carbons (Fsp3) is 0.583. The Balaban J connectivity index is 2.31. The van der Waals surface area contributed by atoms with Crippen molar-refractivity contribution < 1.29 is 14.6 Å². The summed E-state index contributed by atoms with van der Waals surface area (Å²) < 4.78 is 5.34. The highest BCUT2D eigenvalue weighted by Gasteiger charge is 2.24. The van der Waals surface area contributed by atoms with Crippen molar-refractivity contribution in [3.05, 3.63) is 17.6 Å². The normalized spacial score (nSPS) is 19.9. The molecular weight excluding hydrogens is 234 g/mol. The number of aromatic carboxylic acids is 1. The van der Waals surface area contributed by atoms with Crippen LogP contribution in [0.15, 0.2) is 6.20 Å². The number of anilines is 1. The van der Waals surface area contributed by atoms with Gasteiger partial charge in [-0.2, -0.15) is 0 Å². The maximum absolute atomic E-state index is 11.2. The van der Waals surface area contributed by atoms with Gasteiger partial charge in [0.15, 0.2) is 0 Å². The number of methoxy groups -OCH3 is 1. The van der Waals surface area contributed by atoms with Crippen LogP contribution in [-0.2, 0) is 4.74 Å². The number of ether oxygens (including phenoxy) is 1. The smallest absolute Gasteiger partial charge is 0.341 e. The summed E-state index contributed by atoms with van der Waals surface area (Å²) in [5, 5.41) is 9.17. The molecule has 0 aliphatic carbocycles. The van der Waals surface area contributed by atoms with Crippen molar-refractivity contribution in [1.29, 1.82) is 0 Å². The van der Waals surface area contributed by atoms with Crippen LogP contribution in [0.25, 0.3) is 0 Å². The second-order valence-electron chi connectivity index (χ2n) is 4.41. The number of carboxylic acid groups (broad SMARTS) is 1. The van der Waals surface area contributed by atoms with Gasteiger partial charge in [-0.05, 0) is 19.8 Å². The second kappa shape index (κ2) is 5.30. The maximum atomic E-state index is 11.2. The molecule has 1 saturated heterocycles. The van der Waals surface area contributed by atoms with E-state index in [-0.39, 0.29) is 11.7 Å². The average Bonchev–Trinajstić information content (AvgIpc) is 2.38. The summed E-state index contributed by atoms with van der Waals surface area (Å²) in [4.78, 5) is 21.4. The molecule has 1 aliphatic heterocycles. The first-order chi connectivity index (χ1) is 8.61. The van der Waals surface area contributed by atoms with E-state index in [1.54, 1.807) is 14.0 Å². The van der Waals surface area contributed by atoms with Gasteiger partial charge in [0, 0.05) is 26.4 Å². The lowest BCUT2D eigenvalue weighted by Gasteiger charge is -2.33. The van der Waals surface area contributed by atoms with Gasteiger partial charge in [0.25, 0.3) is 0 Å². The van der Waals surface area contributed by atoms with Gasteiger partial charge in [-0.25, -0.2) is 14.8 Å². The van der Waals surface area contributed by atoms with Crippen LogP contribution in [0.4, 0.5) is 5.82 Å². The fourth-order valence-electron chi connectivity index (χ4n) is 2.17. The van der Waals surface area contributed by atoms with Crippen molar-refractivity contribution in [2.75, 3.05) is 25.1 Å². The van der Waals surface area contributed by atoms with Gasteiger partial charge >= 0.3 is 5.97 Å². The van der Waals surface area contributed by atoms with E-state index in [0.717, 1.165) is 19.4 Å². The van der Waals surface area contributed by atoms with Crippen LogP contribution in [0, 0.1) is 6.92 Å². The van der Waals surface area contributed by atoms with Crippen molar-refractivity contribution >= 4 is 11.8 Å². The molecule has 0 aromatic carbocycles. The summed E-state index contributed by atoms with van der Waals surface area (Å²) in [5.41, 5.74) is 0.150. The van der Waals surface area contributed by atoms with Crippen molar-refractivity contribution in [3.63, 3.8) is 0 Å². The molecule has 6 nitrogen and oxygen atoms in total. The Morgan fingerprint density at radius 1 is 1.61 bits per heavy atom. The molecule has 1 aromatic heterocycles. The summed E-state index contributed by atoms with van der Waals surface area (Å²) in [6, 6.07) is 0. The lowest BCUT2D eigenvalue weighted by molar-refractivity contribution is 0.0694. The first-order valence-corrected chi connectivity index (χ1v) is 5.96. The number of carbonyl (C=O) groups is 1. The van der Waals surface area contributed by atoms with Gasteiger partial charge in [-0.3, -0.25) is 0 Å². The molecule has 2 rings (SSSR count).